The average Bonchev–Trinajstić information content (AvgIpc) is 3.67. The largest absolute Gasteiger partial charge is 0.464 e. The molecule has 0 amide bonds. The van der Waals surface area contributed by atoms with Crippen molar-refractivity contribution in [3.63, 3.8) is 0 Å². The molecule has 6 rings (SSSR count). The molecule has 0 atom stereocenters. The topological polar surface area (TPSA) is 182 Å². The van der Waals surface area contributed by atoms with Gasteiger partial charge in [0.1, 0.15) is 37.6 Å². The molecule has 0 saturated carbocycles. The second-order valence-corrected chi connectivity index (χ2v) is 6.55. The summed E-state index contributed by atoms with van der Waals surface area (Å²) in [5.74, 6) is 0.197. The molecule has 14 nitrogen and oxygen atoms in total. The maximum absolute atomic E-state index is 11.5. The number of carbonyl (C=O) groups excluding carboxylic acids is 1. The Hall–Kier alpha value is -5.27. The van der Waals surface area contributed by atoms with E-state index in [4.69, 9.17) is 26.5 Å². The van der Waals surface area contributed by atoms with Crippen LogP contribution in [0.2, 0.25) is 0 Å². The van der Waals surface area contributed by atoms with E-state index in [1.54, 1.807) is 0 Å². The van der Waals surface area contributed by atoms with E-state index in [0.717, 1.165) is 6.26 Å². The fourth-order valence-corrected chi connectivity index (χ4v) is 2.87. The summed E-state index contributed by atoms with van der Waals surface area (Å²) in [6.45, 7) is 0. The number of methoxy groups -OCH3 is 1. The summed E-state index contributed by atoms with van der Waals surface area (Å²) < 4.78 is 36.5. The minimum Gasteiger partial charge on any atom is -0.464 e. The van der Waals surface area contributed by atoms with Gasteiger partial charge in [0.15, 0.2) is 40.6 Å². The van der Waals surface area contributed by atoms with Gasteiger partial charge in [0, 0.05) is 0 Å². The molecular formula is C20H10N6O8. The fourth-order valence-electron chi connectivity index (χ4n) is 2.87. The second-order valence-electron chi connectivity index (χ2n) is 6.55. The normalized spacial score (nSPS) is 11.2. The Balaban J connectivity index is 1.22. The van der Waals surface area contributed by atoms with Crippen LogP contribution in [0, 0.1) is 0 Å². The molecule has 0 aliphatic carbocycles. The van der Waals surface area contributed by atoms with E-state index in [-0.39, 0.29) is 40.8 Å². The first kappa shape index (κ1) is 19.4. The lowest BCUT2D eigenvalue weighted by Gasteiger charge is -1.89. The van der Waals surface area contributed by atoms with Crippen molar-refractivity contribution < 1.29 is 36.0 Å². The van der Waals surface area contributed by atoms with E-state index in [0.29, 0.717) is 22.8 Å². The Bertz CT molecular complexity index is 1580. The number of carbonyl (C=O) groups is 1. The third-order valence-corrected chi connectivity index (χ3v) is 4.44. The highest BCUT2D eigenvalue weighted by Crippen LogP contribution is 2.29. The first-order chi connectivity index (χ1) is 16.7. The van der Waals surface area contributed by atoms with Gasteiger partial charge in [0.25, 0.3) is 0 Å². The first-order valence-corrected chi connectivity index (χ1v) is 9.44. The number of esters is 1. The van der Waals surface area contributed by atoms with Crippen molar-refractivity contribution in [3.05, 3.63) is 49.7 Å². The molecule has 0 bridgehead atoms. The SMILES string of the molecule is COC(=O)c1coc(-c2coc(-c3coc(-c4coc(-c5coc(-c6cocn6)n5)n4)n3)n2)n1. The monoisotopic (exact) mass is 462 g/mol. The van der Waals surface area contributed by atoms with Crippen LogP contribution in [0.4, 0.5) is 0 Å². The highest BCUT2D eigenvalue weighted by Gasteiger charge is 2.21. The molecule has 34 heavy (non-hydrogen) atoms. The van der Waals surface area contributed by atoms with Crippen molar-refractivity contribution in [2.45, 2.75) is 0 Å². The Morgan fingerprint density at radius 2 is 1.06 bits per heavy atom. The molecule has 6 heterocycles. The number of hydrogen-bond acceptors (Lipinski definition) is 14. The van der Waals surface area contributed by atoms with E-state index < -0.39 is 5.97 Å². The lowest BCUT2D eigenvalue weighted by molar-refractivity contribution is 0.0594. The number of nitrogens with zero attached hydrogens (tertiary/aromatic N) is 6. The van der Waals surface area contributed by atoms with Crippen LogP contribution >= 0.6 is 0 Å². The van der Waals surface area contributed by atoms with Gasteiger partial charge < -0.3 is 31.2 Å². The lowest BCUT2D eigenvalue weighted by atomic mass is 10.4. The molecule has 0 spiro atoms. The zero-order valence-electron chi connectivity index (χ0n) is 17.0. The molecule has 0 aliphatic heterocycles. The van der Waals surface area contributed by atoms with E-state index in [1.807, 2.05) is 0 Å². The van der Waals surface area contributed by atoms with Crippen molar-refractivity contribution in [1.29, 1.82) is 0 Å². The van der Waals surface area contributed by atoms with Gasteiger partial charge >= 0.3 is 5.97 Å². The highest BCUT2D eigenvalue weighted by atomic mass is 16.5. The zero-order valence-corrected chi connectivity index (χ0v) is 17.0. The van der Waals surface area contributed by atoms with Gasteiger partial charge in [-0.05, 0) is 0 Å². The highest BCUT2D eigenvalue weighted by molar-refractivity contribution is 5.87. The molecular weight excluding hydrogens is 452 g/mol. The number of ether oxygens (including phenoxy) is 1. The number of aromatic nitrogens is 6. The zero-order chi connectivity index (χ0) is 23.1. The number of hydrogen-bond donors (Lipinski definition) is 0. The van der Waals surface area contributed by atoms with Gasteiger partial charge in [-0.2, -0.15) is 0 Å². The Kier molecular flexibility index (Phi) is 4.40. The molecule has 14 heteroatoms. The van der Waals surface area contributed by atoms with Crippen LogP contribution in [-0.4, -0.2) is 43.0 Å². The minimum absolute atomic E-state index is 0.00729. The second kappa shape index (κ2) is 7.70. The van der Waals surface area contributed by atoms with Crippen molar-refractivity contribution in [2.75, 3.05) is 7.11 Å². The lowest BCUT2D eigenvalue weighted by Crippen LogP contribution is -2.00. The molecule has 0 unspecified atom stereocenters. The summed E-state index contributed by atoms with van der Waals surface area (Å²) in [7, 11) is 1.24. The van der Waals surface area contributed by atoms with Crippen molar-refractivity contribution in [1.82, 2.24) is 29.9 Å². The van der Waals surface area contributed by atoms with Crippen molar-refractivity contribution >= 4 is 5.97 Å². The van der Waals surface area contributed by atoms with E-state index in [9.17, 15) is 4.79 Å². The van der Waals surface area contributed by atoms with Gasteiger partial charge in [-0.25, -0.2) is 34.7 Å². The van der Waals surface area contributed by atoms with Crippen LogP contribution in [0.5, 0.6) is 0 Å². The third-order valence-electron chi connectivity index (χ3n) is 4.44. The minimum atomic E-state index is -0.633. The third kappa shape index (κ3) is 3.35. The van der Waals surface area contributed by atoms with Crippen LogP contribution < -0.4 is 0 Å². The van der Waals surface area contributed by atoms with Gasteiger partial charge in [-0.3, -0.25) is 0 Å². The van der Waals surface area contributed by atoms with Crippen molar-refractivity contribution in [3.8, 4) is 57.9 Å². The van der Waals surface area contributed by atoms with Gasteiger partial charge in [-0.15, -0.1) is 0 Å². The molecule has 0 aromatic carbocycles. The summed E-state index contributed by atoms with van der Waals surface area (Å²) in [6, 6.07) is 0. The summed E-state index contributed by atoms with van der Waals surface area (Å²) in [5.41, 5.74) is 1.66. The van der Waals surface area contributed by atoms with Gasteiger partial charge in [0.2, 0.25) is 29.5 Å². The quantitative estimate of drug-likeness (QED) is 0.326. The number of rotatable bonds is 6. The van der Waals surface area contributed by atoms with Crippen LogP contribution in [-0.2, 0) is 4.74 Å². The Morgan fingerprint density at radius 1 is 0.618 bits per heavy atom. The van der Waals surface area contributed by atoms with Crippen LogP contribution in [0.3, 0.4) is 0 Å². The standard InChI is InChI=1S/C20H10N6O8/c1-28-20(27)14-7-34-19(26-14)13-6-33-18(25-13)12-5-32-17(24-12)11-4-31-16(23-11)10-3-30-15(22-10)9-2-29-8-21-9/h2-8H,1H3. The van der Waals surface area contributed by atoms with Gasteiger partial charge in [0.05, 0.1) is 7.11 Å². The molecule has 6 aromatic rings. The molecule has 0 fully saturated rings. The summed E-state index contributed by atoms with van der Waals surface area (Å²) >= 11 is 0. The molecule has 6 aromatic heterocycles. The predicted molar refractivity (Wildman–Crippen MR) is 105 cm³/mol. The smallest absolute Gasteiger partial charge is 0.360 e. The summed E-state index contributed by atoms with van der Waals surface area (Å²) in [5, 5.41) is 0. The van der Waals surface area contributed by atoms with Crippen molar-refractivity contribution in [2.24, 2.45) is 0 Å². The van der Waals surface area contributed by atoms with Crippen LogP contribution in [0.25, 0.3) is 57.9 Å². The summed E-state index contributed by atoms with van der Waals surface area (Å²) in [4.78, 5) is 36.7. The Morgan fingerprint density at radius 3 is 1.50 bits per heavy atom. The first-order valence-electron chi connectivity index (χ1n) is 9.44. The molecule has 0 aliphatic rings. The molecule has 0 N–H and O–H groups in total. The van der Waals surface area contributed by atoms with Gasteiger partial charge in [-0.1, -0.05) is 0 Å². The summed E-state index contributed by atoms with van der Waals surface area (Å²) in [6.07, 6.45) is 9.22. The average molecular weight is 462 g/mol. The van der Waals surface area contributed by atoms with E-state index >= 15 is 0 Å². The Labute approximate surface area is 187 Å². The molecule has 0 saturated heterocycles. The molecule has 168 valence electrons. The van der Waals surface area contributed by atoms with E-state index in [2.05, 4.69) is 34.6 Å². The maximum Gasteiger partial charge on any atom is 0.360 e. The van der Waals surface area contributed by atoms with Crippen LogP contribution in [0.1, 0.15) is 10.5 Å². The maximum atomic E-state index is 11.5. The van der Waals surface area contributed by atoms with E-state index in [1.165, 1.54) is 44.8 Å². The van der Waals surface area contributed by atoms with Crippen LogP contribution in [0.15, 0.2) is 70.5 Å². The fraction of sp³-hybridized carbons (Fsp3) is 0.0500. The molecule has 0 radical (unpaired) electrons. The number of oxazole rings is 6. The predicted octanol–water partition coefficient (Wildman–Crippen LogP) is 3.74.